The zero-order chi connectivity index (χ0) is 29.9. The van der Waals surface area contributed by atoms with Gasteiger partial charge in [0.05, 0.1) is 31.3 Å². The summed E-state index contributed by atoms with van der Waals surface area (Å²) in [6.45, 7) is 2.83. The first-order chi connectivity index (χ1) is 20.1. The molecule has 0 radical (unpaired) electrons. The minimum absolute atomic E-state index is 0.0612. The maximum absolute atomic E-state index is 14.5. The highest BCUT2D eigenvalue weighted by atomic mass is 32.1. The number of ether oxygens (including phenoxy) is 1. The van der Waals surface area contributed by atoms with Crippen LogP contribution in [-0.2, 0) is 21.4 Å². The molecule has 4 aliphatic rings. The monoisotopic (exact) mass is 607 g/mol. The lowest BCUT2D eigenvalue weighted by molar-refractivity contribution is -0.640. The summed E-state index contributed by atoms with van der Waals surface area (Å²) in [5.41, 5.74) is 2.59. The van der Waals surface area contributed by atoms with Gasteiger partial charge in [0.2, 0.25) is 5.91 Å². The topological polar surface area (TPSA) is 99.2 Å². The molecule has 1 amide bonds. The molecule has 7 nitrogen and oxygen atoms in total. The summed E-state index contributed by atoms with van der Waals surface area (Å²) in [5, 5.41) is 11.9. The SMILES string of the molecule is COc1nc2c(s1)[C@]1(CCC2)C[NH2+]CC1C(=O)N1CC[C@@H](c2ccccc2)C[C@H]1C1CCCCC1.O=C([O-])C(F)(F)F. The molecule has 1 aromatic heterocycles. The molecule has 2 aliphatic heterocycles. The molecule has 11 heteroatoms. The highest BCUT2D eigenvalue weighted by Crippen LogP contribution is 2.49. The number of nitrogens with two attached hydrogens (primary N) is 1. The van der Waals surface area contributed by atoms with Gasteiger partial charge < -0.3 is 24.9 Å². The smallest absolute Gasteiger partial charge is 0.430 e. The van der Waals surface area contributed by atoms with E-state index in [4.69, 9.17) is 19.6 Å². The van der Waals surface area contributed by atoms with Crippen molar-refractivity contribution in [3.05, 3.63) is 46.5 Å². The molecule has 3 fully saturated rings. The second-order valence-electron chi connectivity index (χ2n) is 12.2. The van der Waals surface area contributed by atoms with Crippen LogP contribution < -0.4 is 15.2 Å². The van der Waals surface area contributed by atoms with Crippen molar-refractivity contribution < 1.29 is 37.9 Å². The number of nitrogens with zero attached hydrogens (tertiary/aromatic N) is 2. The van der Waals surface area contributed by atoms with Gasteiger partial charge in [-0.1, -0.05) is 60.9 Å². The van der Waals surface area contributed by atoms with Gasteiger partial charge >= 0.3 is 6.18 Å². The number of hydrogen-bond acceptors (Lipinski definition) is 6. The van der Waals surface area contributed by atoms with E-state index >= 15 is 0 Å². The van der Waals surface area contributed by atoms with E-state index in [1.54, 1.807) is 18.4 Å². The van der Waals surface area contributed by atoms with Crippen molar-refractivity contribution in [2.45, 2.75) is 87.8 Å². The molecule has 1 unspecified atom stereocenters. The van der Waals surface area contributed by atoms with E-state index in [-0.39, 0.29) is 11.3 Å². The Balaban J connectivity index is 0.000000451. The largest absolute Gasteiger partial charge is 0.542 e. The van der Waals surface area contributed by atoms with Gasteiger partial charge in [-0.15, -0.1) is 0 Å². The summed E-state index contributed by atoms with van der Waals surface area (Å²) in [4.78, 5) is 31.8. The third-order valence-corrected chi connectivity index (χ3v) is 11.1. The summed E-state index contributed by atoms with van der Waals surface area (Å²) in [6.07, 6.45) is 6.84. The Kier molecular flexibility index (Phi) is 9.47. The van der Waals surface area contributed by atoms with Crippen LogP contribution in [0.4, 0.5) is 13.2 Å². The van der Waals surface area contributed by atoms with Crippen molar-refractivity contribution >= 4 is 23.2 Å². The van der Waals surface area contributed by atoms with E-state index in [0.29, 0.717) is 23.8 Å². The number of hydrogen-bond donors (Lipinski definition) is 1. The number of fused-ring (bicyclic) bond motifs is 2. The molecule has 42 heavy (non-hydrogen) atoms. The number of carbonyl (C=O) groups is 2. The lowest BCUT2D eigenvalue weighted by Crippen LogP contribution is -2.82. The molecule has 2 saturated heterocycles. The molecule has 0 bridgehead atoms. The molecule has 4 atom stereocenters. The van der Waals surface area contributed by atoms with Crippen molar-refractivity contribution in [1.29, 1.82) is 0 Å². The zero-order valence-corrected chi connectivity index (χ0v) is 24.9. The number of alkyl halides is 3. The number of piperidine rings is 1. The lowest BCUT2D eigenvalue weighted by Gasteiger charge is -2.47. The Bertz CT molecular complexity index is 1230. The minimum atomic E-state index is -5.19. The third kappa shape index (κ3) is 6.32. The molecule has 2 N–H and O–H groups in total. The Labute approximate surface area is 248 Å². The number of aryl methyl sites for hydroxylation is 1. The standard InChI is InChI=1S/C29H39N3O2S.C2HF3O2/c1-34-28-31-24-13-8-15-29(26(24)35-28)19-30-18-23(29)27(33)32-16-14-22(20-9-4-2-5-10-20)17-25(32)21-11-6-3-7-12-21;3-2(4,5)1(6)7/h2,4-5,9-10,21-23,25,30H,3,6-8,11-19H2,1H3;(H,6,7)/t22-,23?,25+,29-;/m1./s1. The van der Waals surface area contributed by atoms with Crippen LogP contribution in [0.15, 0.2) is 30.3 Å². The predicted octanol–water partition coefficient (Wildman–Crippen LogP) is 3.57. The minimum Gasteiger partial charge on any atom is -0.542 e. The van der Waals surface area contributed by atoms with Crippen molar-refractivity contribution in [3.63, 3.8) is 0 Å². The molecule has 3 heterocycles. The normalized spacial score (nSPS) is 28.1. The first-order valence-electron chi connectivity index (χ1n) is 15.1. The van der Waals surface area contributed by atoms with Gasteiger partial charge in [-0.2, -0.15) is 13.2 Å². The number of benzene rings is 1. The number of quaternary nitrogens is 1. The Morgan fingerprint density at radius 1 is 1.12 bits per heavy atom. The van der Waals surface area contributed by atoms with Crippen LogP contribution in [0, 0.1) is 11.8 Å². The number of rotatable bonds is 4. The first-order valence-corrected chi connectivity index (χ1v) is 15.9. The molecule has 6 rings (SSSR count). The molecule has 230 valence electrons. The van der Waals surface area contributed by atoms with Gasteiger partial charge in [-0.3, -0.25) is 4.79 Å². The van der Waals surface area contributed by atoms with Crippen LogP contribution in [0.5, 0.6) is 5.19 Å². The number of methoxy groups -OCH3 is 1. The number of amides is 1. The van der Waals surface area contributed by atoms with E-state index in [0.717, 1.165) is 56.9 Å². The fourth-order valence-electron chi connectivity index (χ4n) is 7.87. The van der Waals surface area contributed by atoms with E-state index in [2.05, 4.69) is 40.5 Å². The van der Waals surface area contributed by atoms with E-state index in [1.807, 2.05) is 0 Å². The maximum Gasteiger partial charge on any atom is 0.430 e. The van der Waals surface area contributed by atoms with E-state index in [9.17, 15) is 18.0 Å². The fourth-order valence-corrected chi connectivity index (χ4v) is 9.08. The molecule has 2 aliphatic carbocycles. The Hall–Kier alpha value is -2.66. The van der Waals surface area contributed by atoms with Crippen molar-refractivity contribution in [2.75, 3.05) is 26.7 Å². The number of carboxylic acids is 1. The molecular weight excluding hydrogens is 567 g/mol. The van der Waals surface area contributed by atoms with Crippen LogP contribution in [0.25, 0.3) is 0 Å². The highest BCUT2D eigenvalue weighted by molar-refractivity contribution is 7.13. The summed E-state index contributed by atoms with van der Waals surface area (Å²) in [5.74, 6) is -1.28. The van der Waals surface area contributed by atoms with Gasteiger partial charge in [0.15, 0.2) is 0 Å². The van der Waals surface area contributed by atoms with Gasteiger partial charge in [-0.05, 0) is 62.3 Å². The average molecular weight is 608 g/mol. The summed E-state index contributed by atoms with van der Waals surface area (Å²) >= 11 is 1.70. The molecule has 2 aromatic rings. The number of aliphatic carboxylic acids is 1. The second-order valence-corrected chi connectivity index (χ2v) is 13.1. The van der Waals surface area contributed by atoms with E-state index < -0.39 is 12.1 Å². The first kappa shape index (κ1) is 30.8. The zero-order valence-electron chi connectivity index (χ0n) is 24.0. The van der Waals surface area contributed by atoms with Crippen molar-refractivity contribution in [3.8, 4) is 5.19 Å². The molecule has 1 saturated carbocycles. The summed E-state index contributed by atoms with van der Waals surface area (Å²) in [7, 11) is 1.71. The van der Waals surface area contributed by atoms with Crippen LogP contribution in [0.2, 0.25) is 0 Å². The van der Waals surface area contributed by atoms with Crippen LogP contribution in [-0.4, -0.2) is 60.7 Å². The number of aromatic nitrogens is 1. The second kappa shape index (κ2) is 12.9. The molecule has 1 spiro atoms. The average Bonchev–Trinajstić information content (AvgIpc) is 3.63. The number of carbonyl (C=O) groups excluding carboxylic acids is 2. The highest BCUT2D eigenvalue weighted by Gasteiger charge is 2.56. The fraction of sp³-hybridized carbons (Fsp3) is 0.645. The summed E-state index contributed by atoms with van der Waals surface area (Å²) < 4.78 is 37.1. The molecule has 1 aromatic carbocycles. The Morgan fingerprint density at radius 2 is 1.83 bits per heavy atom. The van der Waals surface area contributed by atoms with E-state index in [1.165, 1.54) is 48.2 Å². The third-order valence-electron chi connectivity index (χ3n) is 9.84. The van der Waals surface area contributed by atoms with Gasteiger partial charge in [-0.25, -0.2) is 4.98 Å². The quantitative estimate of drug-likeness (QED) is 0.573. The van der Waals surface area contributed by atoms with Crippen LogP contribution in [0.1, 0.15) is 79.8 Å². The number of halogens is 3. The van der Waals surface area contributed by atoms with Gasteiger partial charge in [0.1, 0.15) is 11.9 Å². The van der Waals surface area contributed by atoms with Gasteiger partial charge in [0, 0.05) is 17.5 Å². The maximum atomic E-state index is 14.5. The van der Waals surface area contributed by atoms with Gasteiger partial charge in [0.25, 0.3) is 5.19 Å². The number of likely N-dealkylation sites (tertiary alicyclic amines) is 1. The molecular formula is C31H40F3N3O4S. The van der Waals surface area contributed by atoms with Crippen LogP contribution >= 0.6 is 11.3 Å². The predicted molar refractivity (Wildman–Crippen MR) is 150 cm³/mol. The Morgan fingerprint density at radius 3 is 2.50 bits per heavy atom. The number of carboxylic acid groups (broad SMARTS) is 1. The van der Waals surface area contributed by atoms with Crippen molar-refractivity contribution in [1.82, 2.24) is 9.88 Å². The van der Waals surface area contributed by atoms with Crippen LogP contribution in [0.3, 0.4) is 0 Å². The summed E-state index contributed by atoms with van der Waals surface area (Å²) in [6, 6.07) is 11.4. The van der Waals surface area contributed by atoms with Crippen molar-refractivity contribution in [2.24, 2.45) is 11.8 Å². The lowest BCUT2D eigenvalue weighted by atomic mass is 9.68. The number of thiazole rings is 1.